The topological polar surface area (TPSA) is 25.2 Å². The number of furan rings is 1. The van der Waals surface area contributed by atoms with E-state index in [4.69, 9.17) is 16.0 Å². The average Bonchev–Trinajstić information content (AvgIpc) is 2.65. The van der Waals surface area contributed by atoms with Crippen LogP contribution in [0.3, 0.4) is 0 Å². The monoisotopic (exact) mass is 299 g/mol. The highest BCUT2D eigenvalue weighted by molar-refractivity contribution is 9.10. The molecule has 1 heterocycles. The fourth-order valence-electron chi connectivity index (χ4n) is 1.46. The van der Waals surface area contributed by atoms with Gasteiger partial charge >= 0.3 is 0 Å². The van der Waals surface area contributed by atoms with Crippen LogP contribution >= 0.6 is 27.5 Å². The number of hydrogen-bond donors (Lipinski definition) is 1. The summed E-state index contributed by atoms with van der Waals surface area (Å²) in [6.45, 7) is 2.03. The predicted molar refractivity (Wildman–Crippen MR) is 69.9 cm³/mol. The lowest BCUT2D eigenvalue weighted by Gasteiger charge is -2.12. The van der Waals surface area contributed by atoms with E-state index in [1.54, 1.807) is 0 Å². The van der Waals surface area contributed by atoms with Crippen LogP contribution in [0.4, 0.5) is 5.69 Å². The summed E-state index contributed by atoms with van der Waals surface area (Å²) in [5, 5.41) is 4.03. The molecule has 0 aliphatic rings. The van der Waals surface area contributed by atoms with Crippen molar-refractivity contribution in [2.45, 2.75) is 13.0 Å². The fraction of sp³-hybridized carbons (Fsp3) is 0.167. The van der Waals surface area contributed by atoms with Crippen molar-refractivity contribution in [3.63, 3.8) is 0 Å². The van der Waals surface area contributed by atoms with Gasteiger partial charge in [-0.1, -0.05) is 17.7 Å². The maximum atomic E-state index is 5.91. The molecule has 2 aromatic rings. The average molecular weight is 301 g/mol. The SMILES string of the molecule is CC(Nc1cccc(Cl)c1)c1ccc(Br)o1. The molecule has 2 rings (SSSR count). The van der Waals surface area contributed by atoms with E-state index < -0.39 is 0 Å². The van der Waals surface area contributed by atoms with Crippen LogP contribution in [0.25, 0.3) is 0 Å². The zero-order valence-corrected chi connectivity index (χ0v) is 11.0. The number of anilines is 1. The summed E-state index contributed by atoms with van der Waals surface area (Å²) in [5.74, 6) is 0.881. The van der Waals surface area contributed by atoms with Gasteiger partial charge < -0.3 is 9.73 Å². The maximum absolute atomic E-state index is 5.91. The highest BCUT2D eigenvalue weighted by atomic mass is 79.9. The molecule has 0 saturated heterocycles. The van der Waals surface area contributed by atoms with Gasteiger partial charge in [0.25, 0.3) is 0 Å². The number of rotatable bonds is 3. The smallest absolute Gasteiger partial charge is 0.169 e. The first-order chi connectivity index (χ1) is 7.65. The summed E-state index contributed by atoms with van der Waals surface area (Å²) < 4.78 is 6.21. The van der Waals surface area contributed by atoms with Crippen LogP contribution in [0.15, 0.2) is 45.5 Å². The molecular weight excluding hydrogens is 289 g/mol. The molecule has 0 bridgehead atoms. The van der Waals surface area contributed by atoms with E-state index in [9.17, 15) is 0 Å². The molecule has 4 heteroatoms. The predicted octanol–water partition coefficient (Wildman–Crippen LogP) is 4.87. The van der Waals surface area contributed by atoms with E-state index >= 15 is 0 Å². The van der Waals surface area contributed by atoms with Crippen molar-refractivity contribution in [1.29, 1.82) is 0 Å². The van der Waals surface area contributed by atoms with Gasteiger partial charge in [-0.15, -0.1) is 0 Å². The Kier molecular flexibility index (Phi) is 3.56. The molecule has 0 aliphatic carbocycles. The van der Waals surface area contributed by atoms with E-state index in [1.807, 2.05) is 43.3 Å². The quantitative estimate of drug-likeness (QED) is 0.875. The van der Waals surface area contributed by atoms with Crippen molar-refractivity contribution in [3.8, 4) is 0 Å². The van der Waals surface area contributed by atoms with Crippen molar-refractivity contribution < 1.29 is 4.42 Å². The van der Waals surface area contributed by atoms with Crippen LogP contribution < -0.4 is 5.32 Å². The molecule has 0 aliphatic heterocycles. The number of halogens is 2. The van der Waals surface area contributed by atoms with E-state index in [0.29, 0.717) is 0 Å². The second-order valence-electron chi connectivity index (χ2n) is 3.52. The Labute approximate surface area is 108 Å². The minimum absolute atomic E-state index is 0.102. The van der Waals surface area contributed by atoms with Crippen LogP contribution in [0, 0.1) is 0 Å². The molecule has 1 aromatic carbocycles. The third-order valence-electron chi connectivity index (χ3n) is 2.23. The summed E-state index contributed by atoms with van der Waals surface area (Å²) in [6, 6.07) is 11.5. The third-order valence-corrected chi connectivity index (χ3v) is 2.89. The maximum Gasteiger partial charge on any atom is 0.169 e. The minimum atomic E-state index is 0.102. The molecule has 1 unspecified atom stereocenters. The molecule has 0 spiro atoms. The number of hydrogen-bond acceptors (Lipinski definition) is 2. The molecule has 2 nitrogen and oxygen atoms in total. The van der Waals surface area contributed by atoms with E-state index in [2.05, 4.69) is 21.2 Å². The van der Waals surface area contributed by atoms with E-state index in [0.717, 1.165) is 21.1 Å². The number of nitrogens with one attached hydrogen (secondary N) is 1. The Bertz CT molecular complexity index is 483. The van der Waals surface area contributed by atoms with E-state index in [-0.39, 0.29) is 6.04 Å². The summed E-state index contributed by atoms with van der Waals surface area (Å²) in [5.41, 5.74) is 0.979. The summed E-state index contributed by atoms with van der Waals surface area (Å²) in [6.07, 6.45) is 0. The molecule has 0 fully saturated rings. The first-order valence-corrected chi connectivity index (χ1v) is 6.09. The van der Waals surface area contributed by atoms with Gasteiger partial charge in [-0.25, -0.2) is 0 Å². The standard InChI is InChI=1S/C12H11BrClNO/c1-8(11-5-6-12(13)16-11)15-10-4-2-3-9(14)7-10/h2-8,15H,1H3. The molecule has 0 radical (unpaired) electrons. The zero-order valence-electron chi connectivity index (χ0n) is 8.71. The van der Waals surface area contributed by atoms with Crippen LogP contribution in [0.2, 0.25) is 5.02 Å². The molecular formula is C12H11BrClNO. The van der Waals surface area contributed by atoms with Crippen molar-refractivity contribution >= 4 is 33.2 Å². The Balaban J connectivity index is 2.10. The van der Waals surface area contributed by atoms with Crippen LogP contribution in [-0.2, 0) is 0 Å². The van der Waals surface area contributed by atoms with Crippen LogP contribution in [0.5, 0.6) is 0 Å². The first kappa shape index (κ1) is 11.6. The van der Waals surface area contributed by atoms with Crippen molar-refractivity contribution in [2.24, 2.45) is 0 Å². The largest absolute Gasteiger partial charge is 0.452 e. The lowest BCUT2D eigenvalue weighted by Crippen LogP contribution is -2.05. The van der Waals surface area contributed by atoms with Crippen molar-refractivity contribution in [2.75, 3.05) is 5.32 Å². The fourth-order valence-corrected chi connectivity index (χ4v) is 1.97. The van der Waals surface area contributed by atoms with Gasteiger partial charge in [-0.3, -0.25) is 0 Å². The second kappa shape index (κ2) is 4.93. The van der Waals surface area contributed by atoms with E-state index in [1.165, 1.54) is 0 Å². The molecule has 0 amide bonds. The minimum Gasteiger partial charge on any atom is -0.452 e. The Morgan fingerprint density at radius 1 is 1.31 bits per heavy atom. The molecule has 1 aromatic heterocycles. The van der Waals surface area contributed by atoms with Gasteiger partial charge in [0, 0.05) is 10.7 Å². The number of benzene rings is 1. The van der Waals surface area contributed by atoms with Crippen molar-refractivity contribution in [1.82, 2.24) is 0 Å². The van der Waals surface area contributed by atoms with Gasteiger partial charge in [-0.05, 0) is 53.2 Å². The van der Waals surface area contributed by atoms with Crippen molar-refractivity contribution in [3.05, 3.63) is 51.9 Å². The summed E-state index contributed by atoms with van der Waals surface area (Å²) in [4.78, 5) is 0. The van der Waals surface area contributed by atoms with Gasteiger partial charge in [0.05, 0.1) is 6.04 Å². The van der Waals surface area contributed by atoms with Crippen LogP contribution in [-0.4, -0.2) is 0 Å². The highest BCUT2D eigenvalue weighted by Crippen LogP contribution is 2.24. The third kappa shape index (κ3) is 2.80. The molecule has 1 N–H and O–H groups in total. The highest BCUT2D eigenvalue weighted by Gasteiger charge is 2.09. The van der Waals surface area contributed by atoms with Gasteiger partial charge in [0.2, 0.25) is 0 Å². The summed E-state index contributed by atoms with van der Waals surface area (Å²) in [7, 11) is 0. The molecule has 1 atom stereocenters. The Hall–Kier alpha value is -0.930. The lowest BCUT2D eigenvalue weighted by molar-refractivity contribution is 0.471. The lowest BCUT2D eigenvalue weighted by atomic mass is 10.2. The normalized spacial score (nSPS) is 12.4. The molecule has 0 saturated carbocycles. The Morgan fingerprint density at radius 3 is 2.75 bits per heavy atom. The second-order valence-corrected chi connectivity index (χ2v) is 4.74. The zero-order chi connectivity index (χ0) is 11.5. The van der Waals surface area contributed by atoms with Gasteiger partial charge in [-0.2, -0.15) is 0 Å². The molecule has 16 heavy (non-hydrogen) atoms. The van der Waals surface area contributed by atoms with Gasteiger partial charge in [0.1, 0.15) is 5.76 Å². The van der Waals surface area contributed by atoms with Gasteiger partial charge in [0.15, 0.2) is 4.67 Å². The summed E-state index contributed by atoms with van der Waals surface area (Å²) >= 11 is 9.19. The molecule has 84 valence electrons. The Morgan fingerprint density at radius 2 is 2.12 bits per heavy atom. The first-order valence-electron chi connectivity index (χ1n) is 4.92. The van der Waals surface area contributed by atoms with Crippen LogP contribution in [0.1, 0.15) is 18.7 Å².